The van der Waals surface area contributed by atoms with Crippen molar-refractivity contribution < 1.29 is 9.72 Å². The van der Waals surface area contributed by atoms with E-state index < -0.39 is 4.92 Å². The predicted molar refractivity (Wildman–Crippen MR) is 81.9 cm³/mol. The zero-order valence-electron chi connectivity index (χ0n) is 11.7. The molecule has 0 bridgehead atoms. The van der Waals surface area contributed by atoms with Crippen LogP contribution in [-0.2, 0) is 6.42 Å². The second-order valence-electron chi connectivity index (χ2n) is 4.82. The van der Waals surface area contributed by atoms with Crippen molar-refractivity contribution in [1.29, 1.82) is 0 Å². The summed E-state index contributed by atoms with van der Waals surface area (Å²) in [5.41, 5.74) is 3.01. The predicted octanol–water partition coefficient (Wildman–Crippen LogP) is 3.37. The summed E-state index contributed by atoms with van der Waals surface area (Å²) in [5.74, 6) is 0. The third kappa shape index (κ3) is 3.89. The minimum atomic E-state index is -0.484. The maximum Gasteiger partial charge on any atom is 0.293 e. The summed E-state index contributed by atoms with van der Waals surface area (Å²) in [6, 6.07) is 12.5. The van der Waals surface area contributed by atoms with Gasteiger partial charge >= 0.3 is 0 Å². The Morgan fingerprint density at radius 3 is 2.71 bits per heavy atom. The topological polar surface area (TPSA) is 72.2 Å². The minimum Gasteiger partial charge on any atom is -0.379 e. The molecule has 0 unspecified atom stereocenters. The summed E-state index contributed by atoms with van der Waals surface area (Å²) in [5, 5.41) is 14.1. The van der Waals surface area contributed by atoms with Gasteiger partial charge in [0, 0.05) is 18.2 Å². The molecule has 0 aromatic heterocycles. The second-order valence-corrected chi connectivity index (χ2v) is 4.82. The third-order valence-electron chi connectivity index (χ3n) is 3.17. The molecular formula is C16H16N2O3. The molecular weight excluding hydrogens is 268 g/mol. The number of nitrogens with one attached hydrogen (secondary N) is 1. The number of carbonyl (C=O) groups excluding carboxylic acids is 1. The molecule has 5 nitrogen and oxygen atoms in total. The highest BCUT2D eigenvalue weighted by Crippen LogP contribution is 2.25. The summed E-state index contributed by atoms with van der Waals surface area (Å²) >= 11 is 0. The van der Waals surface area contributed by atoms with E-state index in [2.05, 4.69) is 11.4 Å². The van der Waals surface area contributed by atoms with E-state index in [1.807, 2.05) is 25.1 Å². The quantitative estimate of drug-likeness (QED) is 0.501. The maximum atomic E-state index is 11.0. The van der Waals surface area contributed by atoms with Crippen LogP contribution in [0.2, 0.25) is 0 Å². The van der Waals surface area contributed by atoms with Gasteiger partial charge in [0.25, 0.3) is 5.69 Å². The van der Waals surface area contributed by atoms with Crippen LogP contribution in [0.15, 0.2) is 42.5 Å². The Balaban J connectivity index is 2.06. The Hall–Kier alpha value is -2.69. The Bertz CT molecular complexity index is 668. The molecule has 1 N–H and O–H groups in total. The molecule has 2 rings (SSSR count). The molecule has 21 heavy (non-hydrogen) atoms. The largest absolute Gasteiger partial charge is 0.379 e. The van der Waals surface area contributed by atoms with Crippen LogP contribution in [0.25, 0.3) is 0 Å². The number of nitro benzene ring substituents is 1. The van der Waals surface area contributed by atoms with Gasteiger partial charge in [0.15, 0.2) is 0 Å². The van der Waals surface area contributed by atoms with Crippen molar-refractivity contribution in [2.24, 2.45) is 0 Å². The van der Waals surface area contributed by atoms with Crippen molar-refractivity contribution in [1.82, 2.24) is 0 Å². The van der Waals surface area contributed by atoms with Crippen molar-refractivity contribution in [3.05, 3.63) is 69.3 Å². The summed E-state index contributed by atoms with van der Waals surface area (Å²) in [6.07, 6.45) is 1.37. The van der Waals surface area contributed by atoms with Crippen LogP contribution in [0.5, 0.6) is 0 Å². The summed E-state index contributed by atoms with van der Waals surface area (Å²) < 4.78 is 0. The smallest absolute Gasteiger partial charge is 0.293 e. The van der Waals surface area contributed by atoms with E-state index in [0.717, 1.165) is 6.42 Å². The first-order valence-electron chi connectivity index (χ1n) is 6.63. The Kier molecular flexibility index (Phi) is 4.66. The zero-order chi connectivity index (χ0) is 15.2. The van der Waals surface area contributed by atoms with Gasteiger partial charge in [-0.2, -0.15) is 0 Å². The zero-order valence-corrected chi connectivity index (χ0v) is 11.7. The van der Waals surface area contributed by atoms with Gasteiger partial charge in [0.05, 0.1) is 4.92 Å². The summed E-state index contributed by atoms with van der Waals surface area (Å²) in [4.78, 5) is 21.2. The molecule has 0 aliphatic carbocycles. The first-order chi connectivity index (χ1) is 10.1. The van der Waals surface area contributed by atoms with Gasteiger partial charge in [-0.05, 0) is 31.0 Å². The highest BCUT2D eigenvalue weighted by atomic mass is 16.6. The lowest BCUT2D eigenvalue weighted by Crippen LogP contribution is -2.07. The maximum absolute atomic E-state index is 11.0. The van der Waals surface area contributed by atoms with Crippen molar-refractivity contribution in [2.75, 3.05) is 11.9 Å². The van der Waals surface area contributed by atoms with E-state index in [0.29, 0.717) is 24.1 Å². The number of hydrogen-bond acceptors (Lipinski definition) is 4. The Labute approximate surface area is 122 Å². The number of rotatable bonds is 6. The number of hydrogen-bond donors (Lipinski definition) is 1. The summed E-state index contributed by atoms with van der Waals surface area (Å²) in [6.45, 7) is 2.62. The van der Waals surface area contributed by atoms with Crippen LogP contribution >= 0.6 is 0 Å². The molecule has 0 fully saturated rings. The molecule has 0 amide bonds. The van der Waals surface area contributed by atoms with Crippen LogP contribution in [-0.4, -0.2) is 17.8 Å². The van der Waals surface area contributed by atoms with E-state index in [1.165, 1.54) is 17.2 Å². The SMILES string of the molecule is Cc1cccc(CCNc2ccc(C=O)cc2[N+](=O)[O-])c1. The highest BCUT2D eigenvalue weighted by Gasteiger charge is 2.14. The van der Waals surface area contributed by atoms with Gasteiger partial charge in [0.1, 0.15) is 12.0 Å². The van der Waals surface area contributed by atoms with Crippen molar-refractivity contribution in [3.63, 3.8) is 0 Å². The lowest BCUT2D eigenvalue weighted by Gasteiger charge is -2.08. The van der Waals surface area contributed by atoms with E-state index in [-0.39, 0.29) is 5.69 Å². The lowest BCUT2D eigenvalue weighted by atomic mass is 10.1. The van der Waals surface area contributed by atoms with Crippen molar-refractivity contribution in [3.8, 4) is 0 Å². The fourth-order valence-electron chi connectivity index (χ4n) is 2.13. The average Bonchev–Trinajstić information content (AvgIpc) is 2.47. The first-order valence-corrected chi connectivity index (χ1v) is 6.63. The number of benzene rings is 2. The number of aryl methyl sites for hydroxylation is 1. The molecule has 108 valence electrons. The van der Waals surface area contributed by atoms with Crippen LogP contribution in [0.4, 0.5) is 11.4 Å². The molecule has 2 aromatic rings. The molecule has 0 radical (unpaired) electrons. The van der Waals surface area contributed by atoms with Crippen molar-refractivity contribution in [2.45, 2.75) is 13.3 Å². The van der Waals surface area contributed by atoms with Gasteiger partial charge in [0.2, 0.25) is 0 Å². The molecule has 0 saturated carbocycles. The van der Waals surface area contributed by atoms with Gasteiger partial charge in [-0.15, -0.1) is 0 Å². The first kappa shape index (κ1) is 14.7. The average molecular weight is 284 g/mol. The fraction of sp³-hybridized carbons (Fsp3) is 0.188. The van der Waals surface area contributed by atoms with Crippen LogP contribution in [0.1, 0.15) is 21.5 Å². The van der Waals surface area contributed by atoms with E-state index in [9.17, 15) is 14.9 Å². The molecule has 2 aromatic carbocycles. The van der Waals surface area contributed by atoms with Gasteiger partial charge < -0.3 is 5.32 Å². The second kappa shape index (κ2) is 6.65. The van der Waals surface area contributed by atoms with Gasteiger partial charge in [-0.25, -0.2) is 0 Å². The molecule has 0 aliphatic rings. The van der Waals surface area contributed by atoms with E-state index >= 15 is 0 Å². The van der Waals surface area contributed by atoms with Crippen LogP contribution < -0.4 is 5.32 Å². The number of nitro groups is 1. The van der Waals surface area contributed by atoms with Gasteiger partial charge in [-0.1, -0.05) is 29.8 Å². The van der Waals surface area contributed by atoms with Crippen LogP contribution in [0, 0.1) is 17.0 Å². The number of anilines is 1. The fourth-order valence-corrected chi connectivity index (χ4v) is 2.13. The number of nitrogens with zero attached hydrogens (tertiary/aromatic N) is 1. The lowest BCUT2D eigenvalue weighted by molar-refractivity contribution is -0.384. The molecule has 0 atom stereocenters. The van der Waals surface area contributed by atoms with Crippen LogP contribution in [0.3, 0.4) is 0 Å². The van der Waals surface area contributed by atoms with E-state index in [1.54, 1.807) is 12.1 Å². The molecule has 0 heterocycles. The highest BCUT2D eigenvalue weighted by molar-refractivity contribution is 5.79. The minimum absolute atomic E-state index is 0.0798. The normalized spacial score (nSPS) is 10.1. The third-order valence-corrected chi connectivity index (χ3v) is 3.17. The standard InChI is InChI=1S/C16H16N2O3/c1-12-3-2-4-13(9-12)7-8-17-15-6-5-14(11-19)10-16(15)18(20)21/h2-6,9-11,17H,7-8H2,1H3. The van der Waals surface area contributed by atoms with Gasteiger partial charge in [-0.3, -0.25) is 14.9 Å². The number of aldehydes is 1. The van der Waals surface area contributed by atoms with E-state index in [4.69, 9.17) is 0 Å². The molecule has 0 aliphatic heterocycles. The number of carbonyl (C=O) groups is 1. The van der Waals surface area contributed by atoms with Crippen molar-refractivity contribution >= 4 is 17.7 Å². The molecule has 0 spiro atoms. The Morgan fingerprint density at radius 2 is 2.05 bits per heavy atom. The Morgan fingerprint density at radius 1 is 1.24 bits per heavy atom. The summed E-state index contributed by atoms with van der Waals surface area (Å²) in [7, 11) is 0. The molecule has 0 saturated heterocycles. The molecule has 5 heteroatoms. The monoisotopic (exact) mass is 284 g/mol.